The standard InChI is InChI=1S/C118H166O28/c1-22-90-66(4)71(9)102(143-110-78(16)70(8)95(63-126-110)136-115-103(129-82(20)119)73(11)68(6)93(134-115)60-121-55-84-43-31-25-32-44-84)114(131-90)128-65-98-106(145-112-81(19)77(15)101-97(138-112)64-127-113(140-101)89-53-41-30-42-54-89)107(108(124-58-87-49-37-28-38-50-87)118(139-98)142-100-75(13)79(17)109(125-59-88-51-39-29-40-52-88)137-96(100)62-123-57-86-47-35-27-36-48-86)146-117-105(72(10)67(5)91(23-2)132-117)144-111-80(18)76(14)99(92(24-3)133-111)141-116-104(130-83(21)120)74(12)69(7)94(135-116)61-122-56-85-45-33-26-34-46-85/h25-54,66-81,90-118H,22-24,55-65H2,1-21H3/t66-,67+,68+,69+,70+,71-,72+,73-,74-,75+,76+,77+,78?,79?,80?,81?,90?,91?,92?,93?,94?,95+,96?,97?,98?,99-,100-,101-,102?,103?,104?,105?,106+,107-,108?,109+,110-,111-,112-,113?,114-,115-,116-,117-,118-/m0/s1. The molecule has 0 amide bonds. The number of carbonyl (C=O) groups excluding carboxylic acids is 2. The van der Waals surface area contributed by atoms with Crippen molar-refractivity contribution in [3.05, 3.63) is 215 Å². The van der Waals surface area contributed by atoms with Crippen molar-refractivity contribution in [3.8, 4) is 0 Å². The molecule has 28 nitrogen and oxygen atoms in total. The highest BCUT2D eigenvalue weighted by Crippen LogP contribution is 2.50. The van der Waals surface area contributed by atoms with E-state index < -0.39 is 166 Å². The summed E-state index contributed by atoms with van der Waals surface area (Å²) in [5.74, 6) is -3.82. The Hall–Kier alpha value is -6.70. The van der Waals surface area contributed by atoms with Gasteiger partial charge in [0.25, 0.3) is 0 Å². The molecular formula is C118H166O28. The zero-order valence-electron chi connectivity index (χ0n) is 89.6. The average molecular weight is 2030 g/mol. The number of hydrogen-bond acceptors (Lipinski definition) is 28. The van der Waals surface area contributed by atoms with E-state index in [0.29, 0.717) is 58.9 Å². The van der Waals surface area contributed by atoms with Gasteiger partial charge in [0.1, 0.15) is 48.8 Å². The molecule has 10 aliphatic heterocycles. The zero-order valence-corrected chi connectivity index (χ0v) is 89.6. The van der Waals surface area contributed by atoms with Gasteiger partial charge in [-0.3, -0.25) is 9.59 Å². The Balaban J connectivity index is 0.758. The molecule has 18 unspecified atom stereocenters. The van der Waals surface area contributed by atoms with Crippen LogP contribution >= 0.6 is 0 Å². The normalized spacial score (nSPS) is 40.7. The van der Waals surface area contributed by atoms with Crippen LogP contribution in [0, 0.1) is 94.7 Å². The molecule has 0 aliphatic carbocycles. The number of fused-ring (bicyclic) bond motifs is 1. The van der Waals surface area contributed by atoms with Crippen molar-refractivity contribution in [2.24, 2.45) is 94.7 Å². The molecule has 146 heavy (non-hydrogen) atoms. The van der Waals surface area contributed by atoms with E-state index in [4.69, 9.17) is 123 Å². The lowest BCUT2D eigenvalue weighted by molar-refractivity contribution is -0.411. The third-order valence-corrected chi connectivity index (χ3v) is 34.0. The topological polar surface area (TPSA) is 274 Å². The van der Waals surface area contributed by atoms with E-state index in [9.17, 15) is 9.59 Å². The Morgan fingerprint density at radius 3 is 1.10 bits per heavy atom. The molecule has 16 rings (SSSR count). The molecule has 10 aliphatic rings. The molecule has 10 saturated heterocycles. The summed E-state index contributed by atoms with van der Waals surface area (Å²) in [6, 6.07) is 60.4. The van der Waals surface area contributed by atoms with Crippen LogP contribution in [0.15, 0.2) is 182 Å². The van der Waals surface area contributed by atoms with E-state index in [1.54, 1.807) is 0 Å². The highest BCUT2D eigenvalue weighted by Gasteiger charge is 2.61. The van der Waals surface area contributed by atoms with Gasteiger partial charge in [0, 0.05) is 54.9 Å². The third kappa shape index (κ3) is 27.2. The van der Waals surface area contributed by atoms with Crippen molar-refractivity contribution < 1.29 is 133 Å². The molecule has 28 heteroatoms. The molecule has 6 aromatic carbocycles. The van der Waals surface area contributed by atoms with Crippen LogP contribution in [0.5, 0.6) is 0 Å². The molecule has 0 spiro atoms. The molecular weight excluding hydrogens is 1870 g/mol. The first kappa shape index (κ1) is 112. The largest absolute Gasteiger partial charge is 0.457 e. The molecule has 806 valence electrons. The monoisotopic (exact) mass is 2030 g/mol. The summed E-state index contributed by atoms with van der Waals surface area (Å²) in [5.41, 5.74) is 5.86. The van der Waals surface area contributed by atoms with Crippen LogP contribution in [-0.4, -0.2) is 224 Å². The van der Waals surface area contributed by atoms with Crippen molar-refractivity contribution in [1.29, 1.82) is 0 Å². The Kier molecular flexibility index (Phi) is 40.4. The summed E-state index contributed by atoms with van der Waals surface area (Å²) in [6.07, 6.45) is -20.7. The van der Waals surface area contributed by atoms with Gasteiger partial charge in [-0.25, -0.2) is 0 Å². The van der Waals surface area contributed by atoms with Crippen LogP contribution in [0.25, 0.3) is 0 Å². The summed E-state index contributed by atoms with van der Waals surface area (Å²) in [5, 5.41) is 0. The van der Waals surface area contributed by atoms with E-state index >= 15 is 0 Å². The minimum Gasteiger partial charge on any atom is -0.457 e. The highest BCUT2D eigenvalue weighted by molar-refractivity contribution is 5.66. The van der Waals surface area contributed by atoms with Gasteiger partial charge in [0.15, 0.2) is 75.1 Å². The number of rotatable bonds is 41. The van der Waals surface area contributed by atoms with Gasteiger partial charge < -0.3 is 123 Å². The molecule has 45 atom stereocenters. The lowest BCUT2D eigenvalue weighted by Crippen LogP contribution is -2.67. The Labute approximate surface area is 866 Å². The lowest BCUT2D eigenvalue weighted by Gasteiger charge is -2.54. The second kappa shape index (κ2) is 52.8. The van der Waals surface area contributed by atoms with Gasteiger partial charge in [-0.2, -0.15) is 0 Å². The lowest BCUT2D eigenvalue weighted by atomic mass is 9.81. The van der Waals surface area contributed by atoms with Crippen LogP contribution in [0.2, 0.25) is 0 Å². The van der Waals surface area contributed by atoms with Crippen LogP contribution in [0.4, 0.5) is 0 Å². The maximum Gasteiger partial charge on any atom is 0.303 e. The summed E-state index contributed by atoms with van der Waals surface area (Å²) >= 11 is 0. The number of benzene rings is 6. The summed E-state index contributed by atoms with van der Waals surface area (Å²) in [7, 11) is 0. The van der Waals surface area contributed by atoms with E-state index in [2.05, 4.69) is 132 Å². The maximum absolute atomic E-state index is 13.2. The van der Waals surface area contributed by atoms with E-state index in [0.717, 1.165) is 33.4 Å². The Morgan fingerprint density at radius 1 is 0.253 bits per heavy atom. The Morgan fingerprint density at radius 2 is 0.596 bits per heavy atom. The first-order chi connectivity index (χ1) is 70.5. The van der Waals surface area contributed by atoms with Crippen molar-refractivity contribution in [3.63, 3.8) is 0 Å². The molecule has 0 bridgehead atoms. The summed E-state index contributed by atoms with van der Waals surface area (Å²) in [6.45, 7) is 45.9. The smallest absolute Gasteiger partial charge is 0.303 e. The number of esters is 2. The van der Waals surface area contributed by atoms with E-state index in [-0.39, 0.29) is 152 Å². The molecule has 0 N–H and O–H groups in total. The average Bonchev–Trinajstić information content (AvgIpc) is 0.742. The van der Waals surface area contributed by atoms with Crippen molar-refractivity contribution >= 4 is 11.9 Å². The van der Waals surface area contributed by atoms with Crippen LogP contribution in [0.1, 0.15) is 204 Å². The van der Waals surface area contributed by atoms with Gasteiger partial charge in [-0.05, 0) is 106 Å². The molecule has 6 aromatic rings. The number of carbonyl (C=O) groups is 2. The minimum atomic E-state index is -1.33. The van der Waals surface area contributed by atoms with Crippen molar-refractivity contribution in [2.45, 2.75) is 377 Å². The fraction of sp³-hybridized carbons (Fsp3) is 0.678. The van der Waals surface area contributed by atoms with E-state index in [1.165, 1.54) is 13.8 Å². The highest BCUT2D eigenvalue weighted by atomic mass is 16.8. The molecule has 0 saturated carbocycles. The van der Waals surface area contributed by atoms with E-state index in [1.807, 2.05) is 182 Å². The Bertz CT molecular complexity index is 4850. The first-order valence-electron chi connectivity index (χ1n) is 54.4. The van der Waals surface area contributed by atoms with Gasteiger partial charge >= 0.3 is 11.9 Å². The summed E-state index contributed by atoms with van der Waals surface area (Å²) < 4.78 is 188. The van der Waals surface area contributed by atoms with Gasteiger partial charge in [-0.15, -0.1) is 0 Å². The fourth-order valence-electron chi connectivity index (χ4n) is 23.0. The molecule has 10 fully saturated rings. The van der Waals surface area contributed by atoms with Crippen molar-refractivity contribution in [1.82, 2.24) is 0 Å². The predicted molar refractivity (Wildman–Crippen MR) is 542 cm³/mol. The zero-order chi connectivity index (χ0) is 103. The molecule has 0 aromatic heterocycles. The van der Waals surface area contributed by atoms with Gasteiger partial charge in [0.2, 0.25) is 0 Å². The first-order valence-corrected chi connectivity index (χ1v) is 54.4. The quantitative estimate of drug-likeness (QED) is 0.0323. The number of ether oxygens (including phenoxy) is 26. The van der Waals surface area contributed by atoms with Gasteiger partial charge in [-0.1, -0.05) is 314 Å². The number of hydrogen-bond donors (Lipinski definition) is 0. The SMILES string of the molecule is CCC1O[C@H](OCC2O[C@@H](O[C@@H]3C(COCc4ccccc4)O[C@@H](OCc4ccccc4)C(C)[C@H]3C)C(OCc3ccccc3)[C@@H](O[C@@H]3OC(CC)[C@H](C)[C@@H](C)C3O[C@@H]3OC(CC)[C@@H](O[C@@H]4OC(COCc5ccccc5)[C@H](C)[C@H](C)C4OC(C)=O)[C@H](C)C3C)[C@@H]2O[C@@H]2OC3COC(c4ccccc4)O[C@H]3[C@H](C)C2C)C(O[C@@H]2OC[C@@H](O[C@@H]3OC(COCc4ccccc4)[C@H](C)[C@H](C)C3OC(C)=O)[C@H](C)C2C)[C@@H](C)[C@@H]1C. The second-order valence-corrected chi connectivity index (χ2v) is 43.5. The molecule has 0 radical (unpaired) electrons. The maximum atomic E-state index is 13.2. The van der Waals surface area contributed by atoms with Crippen LogP contribution < -0.4 is 0 Å². The van der Waals surface area contributed by atoms with Crippen molar-refractivity contribution in [2.75, 3.05) is 39.6 Å². The third-order valence-electron chi connectivity index (χ3n) is 34.0. The fourth-order valence-corrected chi connectivity index (χ4v) is 23.0. The summed E-state index contributed by atoms with van der Waals surface area (Å²) in [4.78, 5) is 26.2. The van der Waals surface area contributed by atoms with Gasteiger partial charge in [0.05, 0.1) is 128 Å². The van der Waals surface area contributed by atoms with Crippen LogP contribution in [0.3, 0.4) is 0 Å². The minimum absolute atomic E-state index is 0.0136. The second-order valence-electron chi connectivity index (χ2n) is 43.5. The molecule has 10 heterocycles. The predicted octanol–water partition coefficient (Wildman–Crippen LogP) is 19.7. The van der Waals surface area contributed by atoms with Crippen LogP contribution in [-0.2, 0) is 166 Å².